The molecule has 1 aliphatic carbocycles. The summed E-state index contributed by atoms with van der Waals surface area (Å²) in [4.78, 5) is 23.4. The zero-order chi connectivity index (χ0) is 15.7. The van der Waals surface area contributed by atoms with Gasteiger partial charge in [0.05, 0.1) is 10.7 Å². The number of benzene rings is 1. The second kappa shape index (κ2) is 7.07. The highest BCUT2D eigenvalue weighted by Gasteiger charge is 2.57. The fraction of sp³-hybridized carbons (Fsp3) is 0.500. The molecule has 1 aromatic rings. The van der Waals surface area contributed by atoms with E-state index in [-0.39, 0.29) is 35.6 Å². The van der Waals surface area contributed by atoms with Gasteiger partial charge in [0.1, 0.15) is 0 Å². The first kappa shape index (κ1) is 18.0. The summed E-state index contributed by atoms with van der Waals surface area (Å²) in [5, 5.41) is 9.35. The average Bonchev–Trinajstić information content (AvgIpc) is 3.15. The Hall–Kier alpha value is -1.30. The lowest BCUT2D eigenvalue weighted by atomic mass is 9.92. The smallest absolute Gasteiger partial charge is 0.228 e. The van der Waals surface area contributed by atoms with Crippen LogP contribution in [-0.2, 0) is 9.59 Å². The van der Waals surface area contributed by atoms with Crippen LogP contribution in [0, 0.1) is 11.3 Å². The van der Waals surface area contributed by atoms with Gasteiger partial charge in [0, 0.05) is 18.5 Å². The van der Waals surface area contributed by atoms with Crippen molar-refractivity contribution in [3.63, 3.8) is 0 Å². The first-order valence-corrected chi connectivity index (χ1v) is 7.97. The van der Waals surface area contributed by atoms with Crippen molar-refractivity contribution < 1.29 is 9.59 Å². The van der Waals surface area contributed by atoms with Crippen LogP contribution in [0.2, 0.25) is 5.02 Å². The fourth-order valence-electron chi connectivity index (χ4n) is 3.31. The summed E-state index contributed by atoms with van der Waals surface area (Å²) in [6, 6.07) is 5.10. The van der Waals surface area contributed by atoms with Gasteiger partial charge in [0.15, 0.2) is 0 Å². The minimum Gasteiger partial charge on any atom is -0.326 e. The number of nitrogens with one attached hydrogen (secondary N) is 3. The predicted molar refractivity (Wildman–Crippen MR) is 94.3 cm³/mol. The maximum absolute atomic E-state index is 12.4. The third-order valence-corrected chi connectivity index (χ3v) is 4.97. The van der Waals surface area contributed by atoms with E-state index in [9.17, 15) is 9.59 Å². The van der Waals surface area contributed by atoms with Crippen molar-refractivity contribution in [1.29, 1.82) is 0 Å². The Morgan fingerprint density at radius 2 is 1.96 bits per heavy atom. The first-order valence-electron chi connectivity index (χ1n) is 7.59. The minimum atomic E-state index is -0.154. The Morgan fingerprint density at radius 3 is 2.57 bits per heavy atom. The Balaban J connectivity index is 0.00000192. The Kier molecular flexibility index (Phi) is 5.55. The molecule has 2 aliphatic rings. The lowest BCUT2D eigenvalue weighted by Gasteiger charge is -2.23. The van der Waals surface area contributed by atoms with Crippen molar-refractivity contribution in [3.05, 3.63) is 23.2 Å². The van der Waals surface area contributed by atoms with Gasteiger partial charge in [-0.1, -0.05) is 11.6 Å². The van der Waals surface area contributed by atoms with Crippen molar-refractivity contribution >= 4 is 47.2 Å². The monoisotopic (exact) mass is 357 g/mol. The molecule has 5 nitrogen and oxygen atoms in total. The molecule has 3 rings (SSSR count). The molecular weight excluding hydrogens is 337 g/mol. The Bertz CT molecular complexity index is 615. The second-order valence-corrected chi connectivity index (χ2v) is 6.64. The van der Waals surface area contributed by atoms with Crippen molar-refractivity contribution in [3.8, 4) is 0 Å². The lowest BCUT2D eigenvalue weighted by Crippen LogP contribution is -2.31. The molecule has 126 valence electrons. The molecule has 2 amide bonds. The molecule has 7 heteroatoms. The topological polar surface area (TPSA) is 70.2 Å². The number of piperidine rings is 1. The quantitative estimate of drug-likeness (QED) is 0.778. The summed E-state index contributed by atoms with van der Waals surface area (Å²) in [6.07, 6.45) is 3.11. The molecule has 1 aromatic carbocycles. The van der Waals surface area contributed by atoms with E-state index in [2.05, 4.69) is 16.0 Å². The second-order valence-electron chi connectivity index (χ2n) is 6.23. The van der Waals surface area contributed by atoms with E-state index in [1.807, 2.05) is 0 Å². The molecule has 1 atom stereocenters. The summed E-state index contributed by atoms with van der Waals surface area (Å²) in [5.74, 6) is -0.00422. The molecule has 0 aromatic heterocycles. The van der Waals surface area contributed by atoms with Crippen molar-refractivity contribution in [2.24, 2.45) is 11.3 Å². The van der Waals surface area contributed by atoms with Gasteiger partial charge in [0.25, 0.3) is 0 Å². The summed E-state index contributed by atoms with van der Waals surface area (Å²) in [6.45, 7) is 3.43. The van der Waals surface area contributed by atoms with Crippen molar-refractivity contribution in [2.75, 3.05) is 23.7 Å². The van der Waals surface area contributed by atoms with E-state index in [4.69, 9.17) is 11.6 Å². The van der Waals surface area contributed by atoms with Gasteiger partial charge in [-0.15, -0.1) is 12.4 Å². The van der Waals surface area contributed by atoms with E-state index in [1.54, 1.807) is 18.2 Å². The van der Waals surface area contributed by atoms with Crippen LogP contribution in [-0.4, -0.2) is 24.9 Å². The normalized spacial score (nSPS) is 21.2. The lowest BCUT2D eigenvalue weighted by molar-refractivity contribution is -0.118. The molecule has 23 heavy (non-hydrogen) atoms. The number of carbonyl (C=O) groups excluding carboxylic acids is 2. The van der Waals surface area contributed by atoms with E-state index >= 15 is 0 Å². The highest BCUT2D eigenvalue weighted by Crippen LogP contribution is 2.58. The number of anilines is 2. The molecule has 1 saturated heterocycles. The maximum Gasteiger partial charge on any atom is 0.228 e. The highest BCUT2D eigenvalue weighted by atomic mass is 35.5. The molecule has 3 N–H and O–H groups in total. The predicted octanol–water partition coefficient (Wildman–Crippen LogP) is 3.05. The van der Waals surface area contributed by atoms with Gasteiger partial charge in [-0.05, 0) is 56.0 Å². The molecule has 1 unspecified atom stereocenters. The van der Waals surface area contributed by atoms with Crippen molar-refractivity contribution in [2.45, 2.75) is 26.2 Å². The molecule has 1 heterocycles. The van der Waals surface area contributed by atoms with Gasteiger partial charge < -0.3 is 16.0 Å². The van der Waals surface area contributed by atoms with Crippen LogP contribution in [0.25, 0.3) is 0 Å². The largest absolute Gasteiger partial charge is 0.326 e. The zero-order valence-corrected chi connectivity index (χ0v) is 14.5. The van der Waals surface area contributed by atoms with Crippen molar-refractivity contribution in [1.82, 2.24) is 5.32 Å². The first-order chi connectivity index (χ1) is 10.5. The van der Waals surface area contributed by atoms with Crippen LogP contribution in [0.4, 0.5) is 11.4 Å². The molecule has 0 radical (unpaired) electrons. The summed E-state index contributed by atoms with van der Waals surface area (Å²) < 4.78 is 0. The number of carbonyl (C=O) groups is 2. The maximum atomic E-state index is 12.4. The number of halogens is 2. The third kappa shape index (κ3) is 3.97. The SMILES string of the molecule is CC(=O)Nc1ccc(NC(=O)C2CC23CCNCC3)c(Cl)c1.Cl. The molecule has 2 fully saturated rings. The Labute approximate surface area is 146 Å². The van der Waals surface area contributed by atoms with Crippen LogP contribution in [0.15, 0.2) is 18.2 Å². The molecule has 1 aliphatic heterocycles. The van der Waals surface area contributed by atoms with Gasteiger partial charge in [-0.2, -0.15) is 0 Å². The van der Waals surface area contributed by atoms with Gasteiger partial charge in [-0.25, -0.2) is 0 Å². The van der Waals surface area contributed by atoms with E-state index in [0.717, 1.165) is 32.4 Å². The molecule has 1 spiro atoms. The van der Waals surface area contributed by atoms with Gasteiger partial charge in [0.2, 0.25) is 11.8 Å². The minimum absolute atomic E-state index is 0. The fourth-order valence-corrected chi connectivity index (χ4v) is 3.54. The van der Waals surface area contributed by atoms with Crippen LogP contribution < -0.4 is 16.0 Å². The van der Waals surface area contributed by atoms with Crippen LogP contribution in [0.1, 0.15) is 26.2 Å². The summed E-state index contributed by atoms with van der Waals surface area (Å²) >= 11 is 6.18. The standard InChI is InChI=1S/C16H20ClN3O2.ClH/c1-10(21)19-11-2-3-14(13(17)8-11)20-15(22)12-9-16(12)4-6-18-7-5-16;/h2-3,8,12,18H,4-7,9H2,1H3,(H,19,21)(H,20,22);1H. The van der Waals surface area contributed by atoms with Crippen LogP contribution in [0.3, 0.4) is 0 Å². The van der Waals surface area contributed by atoms with E-state index in [0.29, 0.717) is 16.4 Å². The molecule has 1 saturated carbocycles. The molecule has 0 bridgehead atoms. The average molecular weight is 358 g/mol. The van der Waals surface area contributed by atoms with Gasteiger partial charge in [-0.3, -0.25) is 9.59 Å². The number of hydrogen-bond acceptors (Lipinski definition) is 3. The van der Waals surface area contributed by atoms with Crippen LogP contribution >= 0.6 is 24.0 Å². The highest BCUT2D eigenvalue weighted by molar-refractivity contribution is 6.34. The summed E-state index contributed by atoms with van der Waals surface area (Å²) in [7, 11) is 0. The summed E-state index contributed by atoms with van der Waals surface area (Å²) in [5.41, 5.74) is 1.42. The molecular formula is C16H21Cl2N3O2. The number of hydrogen-bond donors (Lipinski definition) is 3. The van der Waals surface area contributed by atoms with E-state index in [1.165, 1.54) is 6.92 Å². The van der Waals surface area contributed by atoms with Gasteiger partial charge >= 0.3 is 0 Å². The number of rotatable bonds is 3. The van der Waals surface area contributed by atoms with Crippen LogP contribution in [0.5, 0.6) is 0 Å². The third-order valence-electron chi connectivity index (χ3n) is 4.65. The zero-order valence-electron chi connectivity index (χ0n) is 12.9. The Morgan fingerprint density at radius 1 is 1.26 bits per heavy atom. The van der Waals surface area contributed by atoms with E-state index < -0.39 is 0 Å². The number of amides is 2.